The van der Waals surface area contributed by atoms with E-state index < -0.39 is 28.0 Å². The van der Waals surface area contributed by atoms with Gasteiger partial charge in [0.25, 0.3) is 5.91 Å². The predicted octanol–water partition coefficient (Wildman–Crippen LogP) is 0.920. The van der Waals surface area contributed by atoms with E-state index in [0.717, 1.165) is 0 Å². The van der Waals surface area contributed by atoms with E-state index in [9.17, 15) is 23.1 Å². The van der Waals surface area contributed by atoms with Crippen molar-refractivity contribution < 1.29 is 23.1 Å². The predicted molar refractivity (Wildman–Crippen MR) is 83.5 cm³/mol. The highest BCUT2D eigenvalue weighted by atomic mass is 32.2. The second kappa shape index (κ2) is 6.67. The van der Waals surface area contributed by atoms with Gasteiger partial charge in [-0.25, -0.2) is 13.1 Å². The molecule has 1 fully saturated rings. The van der Waals surface area contributed by atoms with Gasteiger partial charge in [0.2, 0.25) is 10.0 Å². The maximum Gasteiger partial charge on any atom is 0.308 e. The molecule has 1 aliphatic heterocycles. The summed E-state index contributed by atoms with van der Waals surface area (Å²) in [5, 5.41) is 9.22. The van der Waals surface area contributed by atoms with E-state index in [1.54, 1.807) is 11.8 Å². The molecule has 0 aromatic heterocycles. The van der Waals surface area contributed by atoms with Crippen LogP contribution in [0.25, 0.3) is 0 Å². The molecule has 1 amide bonds. The molecule has 0 bridgehead atoms. The van der Waals surface area contributed by atoms with Crippen LogP contribution >= 0.6 is 0 Å². The van der Waals surface area contributed by atoms with E-state index in [1.165, 1.54) is 31.3 Å². The van der Waals surface area contributed by atoms with Gasteiger partial charge in [0.15, 0.2) is 0 Å². The van der Waals surface area contributed by atoms with E-state index in [4.69, 9.17) is 0 Å². The van der Waals surface area contributed by atoms with Crippen LogP contribution in [0.4, 0.5) is 0 Å². The van der Waals surface area contributed by atoms with Gasteiger partial charge in [-0.3, -0.25) is 9.59 Å². The highest BCUT2D eigenvalue weighted by Crippen LogP contribution is 2.25. The maximum absolute atomic E-state index is 12.6. The van der Waals surface area contributed by atoms with Gasteiger partial charge >= 0.3 is 5.97 Å². The van der Waals surface area contributed by atoms with Gasteiger partial charge in [0, 0.05) is 18.2 Å². The van der Waals surface area contributed by atoms with Crippen LogP contribution in [-0.2, 0) is 14.8 Å². The Labute approximate surface area is 135 Å². The van der Waals surface area contributed by atoms with Gasteiger partial charge < -0.3 is 10.0 Å². The molecule has 23 heavy (non-hydrogen) atoms. The van der Waals surface area contributed by atoms with Crippen LogP contribution in [0.5, 0.6) is 0 Å². The summed E-state index contributed by atoms with van der Waals surface area (Å²) in [4.78, 5) is 25.4. The largest absolute Gasteiger partial charge is 0.481 e. The molecule has 7 nitrogen and oxygen atoms in total. The van der Waals surface area contributed by atoms with Crippen molar-refractivity contribution in [3.8, 4) is 0 Å². The lowest BCUT2D eigenvalue weighted by molar-refractivity contribution is -0.144. The number of amides is 1. The molecule has 1 aromatic carbocycles. The minimum atomic E-state index is -3.55. The number of sulfonamides is 1. The summed E-state index contributed by atoms with van der Waals surface area (Å²) in [6.45, 7) is 2.23. The zero-order valence-electron chi connectivity index (χ0n) is 13.0. The summed E-state index contributed by atoms with van der Waals surface area (Å²) in [6, 6.07) is 5.23. The maximum atomic E-state index is 12.6. The summed E-state index contributed by atoms with van der Waals surface area (Å²) in [7, 11) is -2.23. The van der Waals surface area contributed by atoms with Crippen molar-refractivity contribution in [1.29, 1.82) is 0 Å². The smallest absolute Gasteiger partial charge is 0.308 e. The average Bonchev–Trinajstić information content (AvgIpc) is 2.54. The van der Waals surface area contributed by atoms with Gasteiger partial charge in [-0.05, 0) is 51.1 Å². The number of aliphatic carboxylic acids is 1. The molecule has 2 atom stereocenters. The van der Waals surface area contributed by atoms with E-state index >= 15 is 0 Å². The summed E-state index contributed by atoms with van der Waals surface area (Å²) in [6.07, 6.45) is 1.19. The van der Waals surface area contributed by atoms with Crippen molar-refractivity contribution in [2.45, 2.75) is 30.7 Å². The topological polar surface area (TPSA) is 104 Å². The molecule has 1 saturated heterocycles. The lowest BCUT2D eigenvalue weighted by Crippen LogP contribution is -2.49. The molecular weight excluding hydrogens is 320 g/mol. The Morgan fingerprint density at radius 1 is 1.26 bits per heavy atom. The van der Waals surface area contributed by atoms with Crippen LogP contribution in [0.2, 0.25) is 0 Å². The fourth-order valence-corrected chi connectivity index (χ4v) is 3.55. The summed E-state index contributed by atoms with van der Waals surface area (Å²) in [5.74, 6) is -1.75. The Morgan fingerprint density at radius 3 is 2.39 bits per heavy atom. The molecule has 126 valence electrons. The van der Waals surface area contributed by atoms with Crippen molar-refractivity contribution in [2.75, 3.05) is 13.6 Å². The number of benzene rings is 1. The van der Waals surface area contributed by atoms with E-state index in [1.807, 2.05) is 0 Å². The Morgan fingerprint density at radius 2 is 1.87 bits per heavy atom. The first-order valence-corrected chi connectivity index (χ1v) is 8.83. The van der Waals surface area contributed by atoms with E-state index in [0.29, 0.717) is 24.9 Å². The van der Waals surface area contributed by atoms with Gasteiger partial charge in [-0.2, -0.15) is 0 Å². The molecule has 0 radical (unpaired) electrons. The number of carboxylic acid groups (broad SMARTS) is 1. The van der Waals surface area contributed by atoms with Crippen LogP contribution in [0, 0.1) is 5.92 Å². The fraction of sp³-hybridized carbons (Fsp3) is 0.467. The molecule has 0 spiro atoms. The Kier molecular flexibility index (Phi) is 5.06. The third kappa shape index (κ3) is 3.53. The molecule has 1 aliphatic rings. The van der Waals surface area contributed by atoms with Crippen molar-refractivity contribution in [1.82, 2.24) is 9.62 Å². The Hall–Kier alpha value is -1.93. The molecule has 0 aliphatic carbocycles. The monoisotopic (exact) mass is 340 g/mol. The van der Waals surface area contributed by atoms with Crippen LogP contribution in [0.1, 0.15) is 30.1 Å². The minimum absolute atomic E-state index is 0.0756. The summed E-state index contributed by atoms with van der Waals surface area (Å²) < 4.78 is 25.6. The molecule has 1 aromatic rings. The molecular formula is C15H20N2O5S. The number of likely N-dealkylation sites (tertiary alicyclic amines) is 1. The van der Waals surface area contributed by atoms with Gasteiger partial charge in [0.05, 0.1) is 10.8 Å². The second-order valence-corrected chi connectivity index (χ2v) is 7.44. The molecule has 2 rings (SSSR count). The first-order valence-electron chi connectivity index (χ1n) is 7.35. The molecule has 1 heterocycles. The fourth-order valence-electron chi connectivity index (χ4n) is 2.82. The number of nitrogens with zero attached hydrogens (tertiary/aromatic N) is 1. The van der Waals surface area contributed by atoms with Crippen LogP contribution < -0.4 is 4.72 Å². The standard InChI is InChI=1S/C15H20N2O5S/c1-10-13(15(19)20)4-3-9-17(10)14(18)11-5-7-12(8-6-11)23(21,22)16-2/h5-8,10,13,16H,3-4,9H2,1-2H3,(H,19,20)/t10-,13-/m0/s1. The zero-order valence-corrected chi connectivity index (χ0v) is 13.8. The van der Waals surface area contributed by atoms with Crippen LogP contribution in [0.3, 0.4) is 0 Å². The quantitative estimate of drug-likeness (QED) is 0.848. The number of carbonyl (C=O) groups is 2. The van der Waals surface area contributed by atoms with Crippen molar-refractivity contribution in [3.63, 3.8) is 0 Å². The normalized spacial score (nSPS) is 21.9. The van der Waals surface area contributed by atoms with Gasteiger partial charge in [0.1, 0.15) is 0 Å². The summed E-state index contributed by atoms with van der Waals surface area (Å²) in [5.41, 5.74) is 0.345. The first-order chi connectivity index (χ1) is 10.8. The van der Waals surface area contributed by atoms with Gasteiger partial charge in [-0.1, -0.05) is 0 Å². The Balaban J connectivity index is 2.22. The number of rotatable bonds is 4. The highest BCUT2D eigenvalue weighted by molar-refractivity contribution is 7.89. The van der Waals surface area contributed by atoms with E-state index in [-0.39, 0.29) is 10.8 Å². The number of piperidine rings is 1. The minimum Gasteiger partial charge on any atom is -0.481 e. The molecule has 0 saturated carbocycles. The Bertz CT molecular complexity index is 699. The van der Waals surface area contributed by atoms with Crippen molar-refractivity contribution in [3.05, 3.63) is 29.8 Å². The third-order valence-electron chi connectivity index (χ3n) is 4.25. The second-order valence-electron chi connectivity index (χ2n) is 5.56. The van der Waals surface area contributed by atoms with Crippen molar-refractivity contribution >= 4 is 21.9 Å². The average molecular weight is 340 g/mol. The summed E-state index contributed by atoms with van der Waals surface area (Å²) >= 11 is 0. The number of carboxylic acids is 1. The number of hydrogen-bond acceptors (Lipinski definition) is 4. The van der Waals surface area contributed by atoms with E-state index in [2.05, 4.69) is 4.72 Å². The molecule has 8 heteroatoms. The SMILES string of the molecule is CNS(=O)(=O)c1ccc(C(=O)N2CCC[C@H](C(=O)O)[C@@H]2C)cc1. The molecule has 0 unspecified atom stereocenters. The third-order valence-corrected chi connectivity index (χ3v) is 5.68. The van der Waals surface area contributed by atoms with Crippen LogP contribution in [-0.4, -0.2) is 49.9 Å². The lowest BCUT2D eigenvalue weighted by Gasteiger charge is -2.37. The zero-order chi connectivity index (χ0) is 17.2. The van der Waals surface area contributed by atoms with Gasteiger partial charge in [-0.15, -0.1) is 0 Å². The lowest BCUT2D eigenvalue weighted by atomic mass is 9.90. The first kappa shape index (κ1) is 17.4. The molecule has 2 N–H and O–H groups in total. The number of carbonyl (C=O) groups excluding carboxylic acids is 1. The number of hydrogen-bond donors (Lipinski definition) is 2. The van der Waals surface area contributed by atoms with Crippen molar-refractivity contribution in [2.24, 2.45) is 5.92 Å². The van der Waals surface area contributed by atoms with Crippen LogP contribution in [0.15, 0.2) is 29.2 Å². The highest BCUT2D eigenvalue weighted by Gasteiger charge is 2.35. The number of nitrogens with one attached hydrogen (secondary N) is 1.